The minimum absolute atomic E-state index is 0.0563. The number of aromatic nitrogens is 4. The molecule has 3 aromatic heterocycles. The van der Waals surface area contributed by atoms with E-state index in [1.165, 1.54) is 16.5 Å². The van der Waals surface area contributed by atoms with E-state index in [0.29, 0.717) is 40.8 Å². The first-order valence-corrected chi connectivity index (χ1v) is 13.1. The quantitative estimate of drug-likeness (QED) is 0.359. The zero-order chi connectivity index (χ0) is 23.7. The summed E-state index contributed by atoms with van der Waals surface area (Å²) in [6, 6.07) is 4.92. The lowest BCUT2D eigenvalue weighted by Gasteiger charge is -2.10. The lowest BCUT2D eigenvalue weighted by Crippen LogP contribution is -2.23. The predicted octanol–water partition coefficient (Wildman–Crippen LogP) is 4.05. The molecule has 1 amide bonds. The lowest BCUT2D eigenvalue weighted by atomic mass is 10.2. The van der Waals surface area contributed by atoms with Crippen molar-refractivity contribution in [2.24, 2.45) is 0 Å². The summed E-state index contributed by atoms with van der Waals surface area (Å²) >= 11 is 3.18. The van der Waals surface area contributed by atoms with Crippen LogP contribution in [0, 0.1) is 12.7 Å². The van der Waals surface area contributed by atoms with Gasteiger partial charge in [0.15, 0.2) is 0 Å². The van der Waals surface area contributed by atoms with Crippen LogP contribution in [0.3, 0.4) is 0 Å². The van der Waals surface area contributed by atoms with Gasteiger partial charge in [-0.05, 0) is 49.4 Å². The number of benzene rings is 1. The number of amides is 1. The van der Waals surface area contributed by atoms with Gasteiger partial charge in [0, 0.05) is 36.0 Å². The molecular weight excluding hydrogens is 473 g/mol. The summed E-state index contributed by atoms with van der Waals surface area (Å²) in [5.41, 5.74) is 2.24. The summed E-state index contributed by atoms with van der Waals surface area (Å²) in [5.74, 6) is 2.03. The average Bonchev–Trinajstić information content (AvgIpc) is 3.51. The van der Waals surface area contributed by atoms with Crippen LogP contribution < -0.4 is 10.9 Å². The number of halogens is 1. The second kappa shape index (κ2) is 9.71. The monoisotopic (exact) mass is 497 g/mol. The number of carbonyl (C=O) groups is 1. The van der Waals surface area contributed by atoms with E-state index in [1.807, 2.05) is 6.92 Å². The first-order chi connectivity index (χ1) is 16.5. The first-order valence-electron chi connectivity index (χ1n) is 11.2. The van der Waals surface area contributed by atoms with Crippen molar-refractivity contribution in [3.63, 3.8) is 0 Å². The van der Waals surface area contributed by atoms with Crippen LogP contribution in [0.4, 0.5) is 4.39 Å². The van der Waals surface area contributed by atoms with Gasteiger partial charge in [0.05, 0.1) is 16.8 Å². The van der Waals surface area contributed by atoms with Crippen molar-refractivity contribution in [2.75, 3.05) is 5.75 Å². The van der Waals surface area contributed by atoms with E-state index in [0.717, 1.165) is 29.5 Å². The number of nitrogens with one attached hydrogen (secondary N) is 2. The van der Waals surface area contributed by atoms with Gasteiger partial charge in [-0.15, -0.1) is 11.3 Å². The fraction of sp³-hybridized carbons (Fsp3) is 0.333. The molecule has 176 valence electrons. The van der Waals surface area contributed by atoms with Crippen LogP contribution in [0.15, 0.2) is 35.4 Å². The molecule has 34 heavy (non-hydrogen) atoms. The molecule has 5 rings (SSSR count). The Balaban J connectivity index is 1.10. The van der Waals surface area contributed by atoms with Gasteiger partial charge in [-0.3, -0.25) is 9.59 Å². The van der Waals surface area contributed by atoms with E-state index in [2.05, 4.69) is 20.3 Å². The molecule has 4 aromatic rings. The van der Waals surface area contributed by atoms with Crippen molar-refractivity contribution in [2.45, 2.75) is 44.9 Å². The summed E-state index contributed by atoms with van der Waals surface area (Å²) < 4.78 is 16.2. The number of aromatic amines is 1. The molecular formula is C24H24FN5O2S2. The second-order valence-corrected chi connectivity index (χ2v) is 10.4. The Morgan fingerprint density at radius 2 is 2.24 bits per heavy atom. The average molecular weight is 498 g/mol. The van der Waals surface area contributed by atoms with E-state index >= 15 is 0 Å². The van der Waals surface area contributed by atoms with Gasteiger partial charge in [-0.2, -0.15) is 11.8 Å². The third-order valence-corrected chi connectivity index (χ3v) is 8.08. The SMILES string of the molecule is Cc1nccn1-c1ccc(CNC(=O)CCSCc2nc3sc4c(c3c(=O)[nH]2)CCC4)cc1F. The van der Waals surface area contributed by atoms with Crippen molar-refractivity contribution < 1.29 is 9.18 Å². The molecule has 0 bridgehead atoms. The highest BCUT2D eigenvalue weighted by molar-refractivity contribution is 7.98. The van der Waals surface area contributed by atoms with Crippen molar-refractivity contribution in [1.82, 2.24) is 24.8 Å². The van der Waals surface area contributed by atoms with E-state index < -0.39 is 0 Å². The van der Waals surface area contributed by atoms with Gasteiger partial charge in [0.25, 0.3) is 5.56 Å². The molecule has 0 fully saturated rings. The topological polar surface area (TPSA) is 92.7 Å². The van der Waals surface area contributed by atoms with Crippen molar-refractivity contribution in [3.8, 4) is 5.69 Å². The largest absolute Gasteiger partial charge is 0.352 e. The number of hydrogen-bond donors (Lipinski definition) is 2. The Morgan fingerprint density at radius 1 is 1.35 bits per heavy atom. The Kier molecular flexibility index (Phi) is 6.51. The Bertz CT molecular complexity index is 1420. The molecule has 0 atom stereocenters. The van der Waals surface area contributed by atoms with Crippen LogP contribution in [0.2, 0.25) is 0 Å². The standard InChI is InChI=1S/C24H24FN5O2S2/c1-14-26-8-9-30(14)18-6-5-15(11-17(18)25)12-27-21(31)7-10-33-13-20-28-23(32)22-16-3-2-4-19(16)34-24(22)29-20/h5-6,8-9,11H,2-4,7,10,12-13H2,1H3,(H,27,31)(H,28,29,32). The maximum absolute atomic E-state index is 14.5. The van der Waals surface area contributed by atoms with Gasteiger partial charge in [-0.1, -0.05) is 6.07 Å². The molecule has 2 N–H and O–H groups in total. The third-order valence-electron chi connectivity index (χ3n) is 5.92. The summed E-state index contributed by atoms with van der Waals surface area (Å²) in [6.07, 6.45) is 6.78. The van der Waals surface area contributed by atoms with Crippen LogP contribution in [0.5, 0.6) is 0 Å². The number of fused-ring (bicyclic) bond motifs is 3. The molecule has 0 unspecified atom stereocenters. The van der Waals surface area contributed by atoms with Crippen LogP contribution in [-0.2, 0) is 29.9 Å². The smallest absolute Gasteiger partial charge is 0.259 e. The van der Waals surface area contributed by atoms with Gasteiger partial charge < -0.3 is 14.9 Å². The number of H-pyrrole nitrogens is 1. The van der Waals surface area contributed by atoms with Crippen LogP contribution >= 0.6 is 23.1 Å². The van der Waals surface area contributed by atoms with E-state index in [-0.39, 0.29) is 23.8 Å². The number of aryl methyl sites for hydroxylation is 3. The summed E-state index contributed by atoms with van der Waals surface area (Å²) in [5, 5.41) is 3.60. The van der Waals surface area contributed by atoms with Crippen LogP contribution in [0.1, 0.15) is 40.5 Å². The van der Waals surface area contributed by atoms with E-state index in [4.69, 9.17) is 0 Å². The molecule has 0 saturated carbocycles. The molecule has 0 radical (unpaired) electrons. The fourth-order valence-corrected chi connectivity index (χ4v) is 6.31. The molecule has 0 aliphatic heterocycles. The third kappa shape index (κ3) is 4.65. The van der Waals surface area contributed by atoms with Crippen LogP contribution in [-0.4, -0.2) is 31.2 Å². The highest BCUT2D eigenvalue weighted by atomic mass is 32.2. The fourth-order valence-electron chi connectivity index (χ4n) is 4.23. The normalized spacial score (nSPS) is 12.9. The number of thiophene rings is 1. The molecule has 10 heteroatoms. The Morgan fingerprint density at radius 3 is 3.03 bits per heavy atom. The van der Waals surface area contributed by atoms with Crippen molar-refractivity contribution >= 4 is 39.2 Å². The van der Waals surface area contributed by atoms with E-state index in [9.17, 15) is 14.0 Å². The Labute approximate surface area is 203 Å². The van der Waals surface area contributed by atoms with Gasteiger partial charge in [0.2, 0.25) is 5.91 Å². The number of nitrogens with zero attached hydrogens (tertiary/aromatic N) is 3. The summed E-state index contributed by atoms with van der Waals surface area (Å²) in [6.45, 7) is 2.07. The van der Waals surface area contributed by atoms with Gasteiger partial charge in [0.1, 0.15) is 22.3 Å². The molecule has 7 nitrogen and oxygen atoms in total. The minimum Gasteiger partial charge on any atom is -0.352 e. The second-order valence-electron chi connectivity index (χ2n) is 8.26. The number of imidazole rings is 1. The van der Waals surface area contributed by atoms with Crippen LogP contribution in [0.25, 0.3) is 15.9 Å². The van der Waals surface area contributed by atoms with Gasteiger partial charge >= 0.3 is 0 Å². The summed E-state index contributed by atoms with van der Waals surface area (Å²) in [4.78, 5) is 38.5. The maximum Gasteiger partial charge on any atom is 0.259 e. The minimum atomic E-state index is -0.363. The zero-order valence-corrected chi connectivity index (χ0v) is 20.3. The van der Waals surface area contributed by atoms with Gasteiger partial charge in [-0.25, -0.2) is 14.4 Å². The molecule has 1 aromatic carbocycles. The number of hydrogen-bond acceptors (Lipinski definition) is 6. The molecule has 3 heterocycles. The number of carbonyl (C=O) groups excluding carboxylic acids is 1. The highest BCUT2D eigenvalue weighted by Gasteiger charge is 2.21. The highest BCUT2D eigenvalue weighted by Crippen LogP contribution is 2.34. The Hall–Kier alpha value is -2.98. The van der Waals surface area contributed by atoms with Crippen molar-refractivity contribution in [1.29, 1.82) is 0 Å². The summed E-state index contributed by atoms with van der Waals surface area (Å²) in [7, 11) is 0. The number of rotatable bonds is 8. The zero-order valence-electron chi connectivity index (χ0n) is 18.7. The van der Waals surface area contributed by atoms with E-state index in [1.54, 1.807) is 52.2 Å². The first kappa shape index (κ1) is 22.8. The number of thioether (sulfide) groups is 1. The molecule has 1 aliphatic carbocycles. The molecule has 1 aliphatic rings. The molecule has 0 saturated heterocycles. The van der Waals surface area contributed by atoms with Crippen molar-refractivity contribution in [3.05, 3.63) is 74.4 Å². The lowest BCUT2D eigenvalue weighted by molar-refractivity contribution is -0.120. The molecule has 0 spiro atoms. The predicted molar refractivity (Wildman–Crippen MR) is 133 cm³/mol. The maximum atomic E-state index is 14.5.